The number of para-hydroxylation sites is 1. The largest absolute Gasteiger partial charge is 0.390 e. The average molecular weight is 349 g/mol. The highest BCUT2D eigenvalue weighted by Gasteiger charge is 2.30. The molecule has 2 aliphatic heterocycles. The van der Waals surface area contributed by atoms with E-state index >= 15 is 0 Å². The smallest absolute Gasteiger partial charge is 0.322 e. The van der Waals surface area contributed by atoms with Crippen LogP contribution >= 0.6 is 0 Å². The molecule has 5 heteroatoms. The van der Waals surface area contributed by atoms with E-state index < -0.39 is 5.60 Å². The fourth-order valence-corrected chi connectivity index (χ4v) is 3.54. The summed E-state index contributed by atoms with van der Waals surface area (Å²) < 4.78 is 0. The normalized spacial score (nSPS) is 18.2. The molecule has 0 spiro atoms. The SMILES string of the molecule is CC1(O)CCN(C(=O)NC2=Nc3c(cccc3-c3ccccc3)C2)CC1. The fraction of sp³-hybridized carbons (Fsp3) is 0.333. The number of nitrogens with one attached hydrogen (secondary N) is 1. The Hall–Kier alpha value is -2.66. The van der Waals surface area contributed by atoms with Crippen molar-refractivity contribution in [2.75, 3.05) is 13.1 Å². The molecule has 2 aliphatic rings. The number of carbonyl (C=O) groups is 1. The highest BCUT2D eigenvalue weighted by atomic mass is 16.3. The number of amidine groups is 1. The second kappa shape index (κ2) is 6.57. The lowest BCUT2D eigenvalue weighted by Gasteiger charge is -2.35. The van der Waals surface area contributed by atoms with Crippen LogP contribution in [0, 0.1) is 0 Å². The zero-order chi connectivity index (χ0) is 18.1. The molecule has 0 radical (unpaired) electrons. The molecule has 2 heterocycles. The van der Waals surface area contributed by atoms with Gasteiger partial charge in [-0.1, -0.05) is 48.5 Å². The van der Waals surface area contributed by atoms with E-state index in [1.54, 1.807) is 4.90 Å². The number of likely N-dealkylation sites (tertiary alicyclic amines) is 1. The Bertz CT molecular complexity index is 849. The Morgan fingerprint density at radius 3 is 2.58 bits per heavy atom. The van der Waals surface area contributed by atoms with E-state index in [1.165, 1.54) is 0 Å². The van der Waals surface area contributed by atoms with Crippen LogP contribution in [0.1, 0.15) is 25.3 Å². The minimum atomic E-state index is -0.664. The molecule has 4 rings (SSSR count). The van der Waals surface area contributed by atoms with Crippen LogP contribution in [0.2, 0.25) is 0 Å². The van der Waals surface area contributed by atoms with Crippen molar-refractivity contribution in [1.82, 2.24) is 10.2 Å². The third-order valence-electron chi connectivity index (χ3n) is 5.19. The van der Waals surface area contributed by atoms with E-state index in [0.29, 0.717) is 38.2 Å². The van der Waals surface area contributed by atoms with Gasteiger partial charge in [0.25, 0.3) is 0 Å². The number of amides is 2. The first-order chi connectivity index (χ1) is 12.5. The molecule has 0 unspecified atom stereocenters. The van der Waals surface area contributed by atoms with Crippen molar-refractivity contribution < 1.29 is 9.90 Å². The van der Waals surface area contributed by atoms with Gasteiger partial charge in [0.1, 0.15) is 5.84 Å². The van der Waals surface area contributed by atoms with Gasteiger partial charge in [0.2, 0.25) is 0 Å². The fourth-order valence-electron chi connectivity index (χ4n) is 3.54. The molecule has 0 aliphatic carbocycles. The molecular formula is C21H23N3O2. The molecule has 2 aromatic carbocycles. The minimum absolute atomic E-state index is 0.131. The first kappa shape index (κ1) is 16.8. The third kappa shape index (κ3) is 3.35. The lowest BCUT2D eigenvalue weighted by atomic mass is 9.94. The van der Waals surface area contributed by atoms with Gasteiger partial charge in [-0.25, -0.2) is 9.79 Å². The summed E-state index contributed by atoms with van der Waals surface area (Å²) in [5, 5.41) is 13.0. The molecule has 0 bridgehead atoms. The number of rotatable bonds is 1. The summed E-state index contributed by atoms with van der Waals surface area (Å²) in [6.45, 7) is 2.95. The number of benzene rings is 2. The molecule has 0 saturated carbocycles. The second-order valence-electron chi connectivity index (χ2n) is 7.33. The summed E-state index contributed by atoms with van der Waals surface area (Å²) in [5.41, 5.74) is 3.61. The average Bonchev–Trinajstić information content (AvgIpc) is 3.04. The number of hydrogen-bond acceptors (Lipinski definition) is 3. The van der Waals surface area contributed by atoms with Crippen LogP contribution in [0.3, 0.4) is 0 Å². The van der Waals surface area contributed by atoms with Crippen LogP contribution in [-0.4, -0.2) is 40.6 Å². The van der Waals surface area contributed by atoms with Gasteiger partial charge in [-0.2, -0.15) is 0 Å². The molecule has 1 fully saturated rings. The molecule has 0 aromatic heterocycles. The number of urea groups is 1. The third-order valence-corrected chi connectivity index (χ3v) is 5.19. The van der Waals surface area contributed by atoms with Gasteiger partial charge in [-0.15, -0.1) is 0 Å². The van der Waals surface area contributed by atoms with E-state index in [2.05, 4.69) is 29.6 Å². The Morgan fingerprint density at radius 2 is 1.85 bits per heavy atom. The number of aliphatic hydroxyl groups is 1. The molecular weight excluding hydrogens is 326 g/mol. The molecule has 26 heavy (non-hydrogen) atoms. The second-order valence-corrected chi connectivity index (χ2v) is 7.33. The number of piperidine rings is 1. The van der Waals surface area contributed by atoms with Crippen molar-refractivity contribution in [3.8, 4) is 11.1 Å². The van der Waals surface area contributed by atoms with E-state index in [-0.39, 0.29) is 6.03 Å². The minimum Gasteiger partial charge on any atom is -0.390 e. The summed E-state index contributed by atoms with van der Waals surface area (Å²) in [6.07, 6.45) is 1.84. The number of aliphatic imine (C=N–C) groups is 1. The summed E-state index contributed by atoms with van der Waals surface area (Å²) in [4.78, 5) is 19.0. The highest BCUT2D eigenvalue weighted by molar-refractivity contribution is 6.04. The first-order valence-corrected chi connectivity index (χ1v) is 9.05. The van der Waals surface area contributed by atoms with Crippen molar-refractivity contribution in [3.63, 3.8) is 0 Å². The van der Waals surface area contributed by atoms with E-state index in [1.807, 2.05) is 31.2 Å². The van der Waals surface area contributed by atoms with Crippen molar-refractivity contribution in [3.05, 3.63) is 54.1 Å². The highest BCUT2D eigenvalue weighted by Crippen LogP contribution is 2.37. The predicted octanol–water partition coefficient (Wildman–Crippen LogP) is 3.50. The Kier molecular flexibility index (Phi) is 4.24. The zero-order valence-corrected chi connectivity index (χ0v) is 14.9. The predicted molar refractivity (Wildman–Crippen MR) is 103 cm³/mol. The number of carbonyl (C=O) groups excluding carboxylic acids is 1. The summed E-state index contributed by atoms with van der Waals surface area (Å²) in [7, 11) is 0. The van der Waals surface area contributed by atoms with E-state index in [0.717, 1.165) is 22.4 Å². The van der Waals surface area contributed by atoms with Crippen molar-refractivity contribution in [2.45, 2.75) is 31.8 Å². The van der Waals surface area contributed by atoms with Crippen LogP contribution in [0.25, 0.3) is 11.1 Å². The van der Waals surface area contributed by atoms with Gasteiger partial charge in [0.15, 0.2) is 0 Å². The monoisotopic (exact) mass is 349 g/mol. The first-order valence-electron chi connectivity index (χ1n) is 9.05. The Labute approximate surface area is 153 Å². The molecule has 1 saturated heterocycles. The Morgan fingerprint density at radius 1 is 1.12 bits per heavy atom. The van der Waals surface area contributed by atoms with Crippen molar-refractivity contribution >= 4 is 17.6 Å². The van der Waals surface area contributed by atoms with Gasteiger partial charge < -0.3 is 10.0 Å². The summed E-state index contributed by atoms with van der Waals surface area (Å²) >= 11 is 0. The van der Waals surface area contributed by atoms with Crippen molar-refractivity contribution in [1.29, 1.82) is 0 Å². The molecule has 134 valence electrons. The van der Waals surface area contributed by atoms with Crippen LogP contribution in [-0.2, 0) is 6.42 Å². The lowest BCUT2D eigenvalue weighted by Crippen LogP contribution is -2.50. The van der Waals surface area contributed by atoms with Crippen LogP contribution in [0.15, 0.2) is 53.5 Å². The summed E-state index contributed by atoms with van der Waals surface area (Å²) in [5.74, 6) is 0.686. The van der Waals surface area contributed by atoms with Gasteiger partial charge in [0, 0.05) is 25.1 Å². The molecule has 5 nitrogen and oxygen atoms in total. The zero-order valence-electron chi connectivity index (χ0n) is 14.9. The van der Waals surface area contributed by atoms with Crippen LogP contribution < -0.4 is 5.32 Å². The Balaban J connectivity index is 1.50. The van der Waals surface area contributed by atoms with E-state index in [9.17, 15) is 9.90 Å². The lowest BCUT2D eigenvalue weighted by molar-refractivity contribution is 0.00483. The van der Waals surface area contributed by atoms with Gasteiger partial charge in [-0.3, -0.25) is 5.32 Å². The number of fused-ring (bicyclic) bond motifs is 1. The topological polar surface area (TPSA) is 64.9 Å². The maximum absolute atomic E-state index is 12.5. The molecule has 0 atom stereocenters. The standard InChI is InChI=1S/C21H23N3O2/c1-21(26)10-12-24(13-11-21)20(25)23-18-14-16-8-5-9-17(19(16)22-18)15-6-3-2-4-7-15/h2-9,26H,10-14H2,1H3,(H,22,23,25). The van der Waals surface area contributed by atoms with Crippen LogP contribution in [0.5, 0.6) is 0 Å². The maximum Gasteiger partial charge on any atom is 0.322 e. The maximum atomic E-state index is 12.5. The van der Waals surface area contributed by atoms with Gasteiger partial charge in [0.05, 0.1) is 11.3 Å². The van der Waals surface area contributed by atoms with E-state index in [4.69, 9.17) is 4.99 Å². The molecule has 2 aromatic rings. The van der Waals surface area contributed by atoms with Crippen LogP contribution in [0.4, 0.5) is 10.5 Å². The van der Waals surface area contributed by atoms with Crippen molar-refractivity contribution in [2.24, 2.45) is 4.99 Å². The van der Waals surface area contributed by atoms with Gasteiger partial charge in [-0.05, 0) is 30.9 Å². The number of nitrogens with zero attached hydrogens (tertiary/aromatic N) is 2. The quantitative estimate of drug-likeness (QED) is 0.828. The summed E-state index contributed by atoms with van der Waals surface area (Å²) in [6, 6.07) is 16.2. The molecule has 2 amide bonds. The molecule has 2 N–H and O–H groups in total. The number of hydrogen-bond donors (Lipinski definition) is 2. The van der Waals surface area contributed by atoms with Gasteiger partial charge >= 0.3 is 6.03 Å².